The lowest BCUT2D eigenvalue weighted by molar-refractivity contribution is -0.131. The van der Waals surface area contributed by atoms with Gasteiger partial charge in [0.2, 0.25) is 5.91 Å². The summed E-state index contributed by atoms with van der Waals surface area (Å²) in [5.74, 6) is 0.827. The van der Waals surface area contributed by atoms with E-state index >= 15 is 0 Å². The highest BCUT2D eigenvalue weighted by molar-refractivity contribution is 6.05. The number of anilines is 1. The monoisotopic (exact) mass is 479 g/mol. The van der Waals surface area contributed by atoms with E-state index in [2.05, 4.69) is 14.9 Å². The topological polar surface area (TPSA) is 92.7 Å². The molecule has 0 saturated carbocycles. The molecular formula is C25H26FN5O4. The van der Waals surface area contributed by atoms with Gasteiger partial charge in [0.1, 0.15) is 16.9 Å². The van der Waals surface area contributed by atoms with E-state index < -0.39 is 0 Å². The molecule has 1 amide bonds. The second-order valence-corrected chi connectivity index (χ2v) is 8.44. The fourth-order valence-corrected chi connectivity index (χ4v) is 4.52. The quantitative estimate of drug-likeness (QED) is 0.457. The molecule has 3 heterocycles. The van der Waals surface area contributed by atoms with Crippen molar-refractivity contribution in [3.63, 3.8) is 0 Å². The predicted molar refractivity (Wildman–Crippen MR) is 131 cm³/mol. The molecule has 1 N–H and O–H groups in total. The number of rotatable bonds is 6. The van der Waals surface area contributed by atoms with Gasteiger partial charge in [-0.25, -0.2) is 9.37 Å². The number of fused-ring (bicyclic) bond motifs is 3. The number of methoxy groups -OCH3 is 2. The molecule has 1 fully saturated rings. The van der Waals surface area contributed by atoms with E-state index in [0.717, 1.165) is 16.6 Å². The lowest BCUT2D eigenvalue weighted by Crippen LogP contribution is -2.49. The third-order valence-electron chi connectivity index (χ3n) is 6.47. The zero-order valence-corrected chi connectivity index (χ0v) is 19.6. The molecular weight excluding hydrogens is 453 g/mol. The number of benzene rings is 2. The molecule has 9 nitrogen and oxygen atoms in total. The normalized spacial score (nSPS) is 14.0. The first kappa shape index (κ1) is 22.7. The van der Waals surface area contributed by atoms with Crippen molar-refractivity contribution >= 4 is 33.5 Å². The van der Waals surface area contributed by atoms with Gasteiger partial charge in [-0.05, 0) is 30.3 Å². The highest BCUT2D eigenvalue weighted by atomic mass is 19.1. The molecule has 2 aromatic heterocycles. The van der Waals surface area contributed by atoms with Crippen LogP contribution in [0.3, 0.4) is 0 Å². The smallest absolute Gasteiger partial charge is 0.277 e. The third kappa shape index (κ3) is 4.27. The number of halogens is 1. The minimum absolute atomic E-state index is 0.0122. The molecule has 1 aliphatic rings. The molecule has 0 aliphatic carbocycles. The Morgan fingerprint density at radius 2 is 1.74 bits per heavy atom. The van der Waals surface area contributed by atoms with Gasteiger partial charge in [-0.15, -0.1) is 0 Å². The van der Waals surface area contributed by atoms with Crippen molar-refractivity contribution in [2.24, 2.45) is 0 Å². The first-order valence-electron chi connectivity index (χ1n) is 11.4. The van der Waals surface area contributed by atoms with Crippen LogP contribution in [0.4, 0.5) is 10.1 Å². The third-order valence-corrected chi connectivity index (χ3v) is 6.47. The van der Waals surface area contributed by atoms with E-state index in [1.54, 1.807) is 43.4 Å². The Balaban J connectivity index is 1.27. The highest BCUT2D eigenvalue weighted by Gasteiger charge is 2.22. The SMILES string of the molecule is COc1cc2[nH]c3c(=O)n(CCC(=O)N4CCN(c5ccc(F)cc5)CC4)cnc3c2cc1OC. The second-order valence-electron chi connectivity index (χ2n) is 8.44. The van der Waals surface area contributed by atoms with Gasteiger partial charge in [0.15, 0.2) is 11.5 Å². The number of aryl methyl sites for hydroxylation is 1. The maximum absolute atomic E-state index is 13.2. The highest BCUT2D eigenvalue weighted by Crippen LogP contribution is 2.34. The van der Waals surface area contributed by atoms with Gasteiger partial charge >= 0.3 is 0 Å². The molecule has 5 rings (SSSR count). The van der Waals surface area contributed by atoms with Crippen LogP contribution >= 0.6 is 0 Å². The van der Waals surface area contributed by atoms with Crippen molar-refractivity contribution in [1.82, 2.24) is 19.4 Å². The summed E-state index contributed by atoms with van der Waals surface area (Å²) in [5.41, 5.74) is 2.34. The molecule has 0 radical (unpaired) electrons. The van der Waals surface area contributed by atoms with Crippen LogP contribution in [-0.4, -0.2) is 65.7 Å². The van der Waals surface area contributed by atoms with Crippen LogP contribution < -0.4 is 19.9 Å². The first-order valence-corrected chi connectivity index (χ1v) is 11.4. The van der Waals surface area contributed by atoms with E-state index in [9.17, 15) is 14.0 Å². The standard InChI is InChI=1S/C25H26FN5O4/c1-34-20-13-18-19(14-21(20)35-2)28-24-23(18)27-15-31(25(24)33)8-7-22(32)30-11-9-29(10-12-30)17-5-3-16(26)4-6-17/h3-6,13-15,28H,7-12H2,1-2H3. The number of nitrogens with one attached hydrogen (secondary N) is 1. The maximum atomic E-state index is 13.2. The van der Waals surface area contributed by atoms with Gasteiger partial charge in [0, 0.05) is 56.3 Å². The molecule has 0 atom stereocenters. The van der Waals surface area contributed by atoms with E-state index in [1.807, 2.05) is 0 Å². The Bertz CT molecular complexity index is 1440. The van der Waals surface area contributed by atoms with Gasteiger partial charge in [-0.2, -0.15) is 0 Å². The molecule has 1 saturated heterocycles. The summed E-state index contributed by atoms with van der Waals surface area (Å²) >= 11 is 0. The minimum atomic E-state index is -0.266. The van der Waals surface area contributed by atoms with Gasteiger partial charge in [0.25, 0.3) is 5.56 Å². The summed E-state index contributed by atoms with van der Waals surface area (Å²) in [4.78, 5) is 37.4. The average Bonchev–Trinajstić information content (AvgIpc) is 3.26. The van der Waals surface area contributed by atoms with Crippen LogP contribution in [0.2, 0.25) is 0 Å². The number of ether oxygens (including phenoxy) is 2. The summed E-state index contributed by atoms with van der Waals surface area (Å²) in [6.07, 6.45) is 1.68. The first-order chi connectivity index (χ1) is 17.0. The van der Waals surface area contributed by atoms with Crippen LogP contribution in [0.5, 0.6) is 11.5 Å². The number of carbonyl (C=O) groups excluding carboxylic acids is 1. The average molecular weight is 480 g/mol. The van der Waals surface area contributed by atoms with Crippen LogP contribution in [0, 0.1) is 5.82 Å². The molecule has 0 unspecified atom stereocenters. The van der Waals surface area contributed by atoms with E-state index in [4.69, 9.17) is 9.47 Å². The van der Waals surface area contributed by atoms with Crippen molar-refractivity contribution in [3.05, 3.63) is 58.9 Å². The van der Waals surface area contributed by atoms with Crippen LogP contribution in [0.25, 0.3) is 21.9 Å². The van der Waals surface area contributed by atoms with Gasteiger partial charge in [-0.1, -0.05) is 0 Å². The Hall–Kier alpha value is -4.08. The lowest BCUT2D eigenvalue weighted by atomic mass is 10.2. The number of piperazine rings is 1. The molecule has 1 aliphatic heterocycles. The van der Waals surface area contributed by atoms with Crippen molar-refractivity contribution in [2.45, 2.75) is 13.0 Å². The Labute approximate surface area is 200 Å². The zero-order chi connectivity index (χ0) is 24.5. The molecule has 2 aromatic carbocycles. The van der Waals surface area contributed by atoms with Crippen molar-refractivity contribution in [1.29, 1.82) is 0 Å². The van der Waals surface area contributed by atoms with E-state index in [0.29, 0.717) is 48.7 Å². The number of H-pyrrole nitrogens is 1. The number of aromatic amines is 1. The zero-order valence-electron chi connectivity index (χ0n) is 19.6. The molecule has 182 valence electrons. The van der Waals surface area contributed by atoms with E-state index in [-0.39, 0.29) is 30.2 Å². The Morgan fingerprint density at radius 3 is 2.43 bits per heavy atom. The number of amides is 1. The van der Waals surface area contributed by atoms with Gasteiger partial charge < -0.3 is 24.3 Å². The summed E-state index contributed by atoms with van der Waals surface area (Å²) in [7, 11) is 3.11. The van der Waals surface area contributed by atoms with Crippen molar-refractivity contribution < 1.29 is 18.7 Å². The van der Waals surface area contributed by atoms with Gasteiger partial charge in [-0.3, -0.25) is 14.2 Å². The summed E-state index contributed by atoms with van der Waals surface area (Å²) in [5, 5.41) is 0.761. The Morgan fingerprint density at radius 1 is 1.06 bits per heavy atom. The minimum Gasteiger partial charge on any atom is -0.493 e. The predicted octanol–water partition coefficient (Wildman–Crippen LogP) is 2.77. The molecule has 35 heavy (non-hydrogen) atoms. The van der Waals surface area contributed by atoms with Gasteiger partial charge in [0.05, 0.1) is 26.1 Å². The summed E-state index contributed by atoms with van der Waals surface area (Å²) in [6.45, 7) is 2.74. The van der Waals surface area contributed by atoms with Crippen molar-refractivity contribution in [2.75, 3.05) is 45.3 Å². The number of nitrogens with zero attached hydrogens (tertiary/aromatic N) is 4. The number of aromatic nitrogens is 3. The number of hydrogen-bond donors (Lipinski definition) is 1. The van der Waals surface area contributed by atoms with Crippen molar-refractivity contribution in [3.8, 4) is 11.5 Å². The summed E-state index contributed by atoms with van der Waals surface area (Å²) in [6, 6.07) is 9.94. The fraction of sp³-hybridized carbons (Fsp3) is 0.320. The van der Waals surface area contributed by atoms with E-state index in [1.165, 1.54) is 23.0 Å². The number of hydrogen-bond acceptors (Lipinski definition) is 6. The summed E-state index contributed by atoms with van der Waals surface area (Å²) < 4.78 is 25.3. The molecule has 0 spiro atoms. The van der Waals surface area contributed by atoms with Crippen LogP contribution in [0.15, 0.2) is 47.5 Å². The molecule has 4 aromatic rings. The number of carbonyl (C=O) groups is 1. The Kier molecular flexibility index (Phi) is 6.02. The maximum Gasteiger partial charge on any atom is 0.277 e. The van der Waals surface area contributed by atoms with Crippen LogP contribution in [0.1, 0.15) is 6.42 Å². The largest absolute Gasteiger partial charge is 0.493 e. The molecule has 0 bridgehead atoms. The molecule has 10 heteroatoms. The lowest BCUT2D eigenvalue weighted by Gasteiger charge is -2.36. The second kappa shape index (κ2) is 9.28. The van der Waals surface area contributed by atoms with Crippen LogP contribution in [-0.2, 0) is 11.3 Å². The fourth-order valence-electron chi connectivity index (χ4n) is 4.52.